The van der Waals surface area contributed by atoms with E-state index in [0.717, 1.165) is 19.2 Å². The molecular formula is C16H12F4N2O4. The number of carbonyl (C=O) groups is 1. The van der Waals surface area contributed by atoms with Crippen LogP contribution >= 0.6 is 0 Å². The van der Waals surface area contributed by atoms with E-state index in [4.69, 9.17) is 4.74 Å². The molecule has 0 atom stereocenters. The van der Waals surface area contributed by atoms with Crippen LogP contribution in [0, 0.1) is 5.82 Å². The number of Topliss-reactive ketones (excluding diaryl/α,β-unsaturated/α-hetero) is 1. The average Bonchev–Trinajstić information content (AvgIpc) is 2.75. The normalized spacial score (nSPS) is 15.7. The summed E-state index contributed by atoms with van der Waals surface area (Å²) >= 11 is 0. The molecule has 0 radical (unpaired) electrons. The van der Waals surface area contributed by atoms with E-state index in [1.165, 1.54) is 13.8 Å². The molecule has 0 saturated heterocycles. The number of nitrogens with zero attached hydrogens (tertiary/aromatic N) is 2. The number of aromatic nitrogens is 2. The van der Waals surface area contributed by atoms with E-state index >= 15 is 0 Å². The summed E-state index contributed by atoms with van der Waals surface area (Å²) < 4.78 is 58.9. The number of rotatable bonds is 1. The zero-order chi connectivity index (χ0) is 19.6. The second kappa shape index (κ2) is 5.29. The first-order valence-electron chi connectivity index (χ1n) is 7.33. The number of carbonyl (C=O) groups excluding carboxylic acids is 1. The van der Waals surface area contributed by atoms with E-state index in [2.05, 4.69) is 0 Å². The summed E-state index contributed by atoms with van der Waals surface area (Å²) in [6.45, 7) is 2.73. The molecule has 0 aliphatic carbocycles. The molecule has 0 unspecified atom stereocenters. The standard InChI is InChI=1S/C16H12F4N2O4/c1-15(2)13(24)11-7(17)4-5-8(12(11)26-15)22-10(23)6-9(16(18,19)20)21(3)14(22)25/h4-6H,1-3H3. The van der Waals surface area contributed by atoms with Gasteiger partial charge in [0.25, 0.3) is 5.56 Å². The maximum Gasteiger partial charge on any atom is 0.431 e. The van der Waals surface area contributed by atoms with Gasteiger partial charge in [0.1, 0.15) is 17.1 Å². The van der Waals surface area contributed by atoms with Crippen molar-refractivity contribution in [3.05, 3.63) is 56.1 Å². The first-order chi connectivity index (χ1) is 11.9. The number of benzene rings is 1. The molecule has 0 amide bonds. The van der Waals surface area contributed by atoms with Gasteiger partial charge in [-0.15, -0.1) is 0 Å². The third-order valence-corrected chi connectivity index (χ3v) is 4.07. The van der Waals surface area contributed by atoms with Crippen molar-refractivity contribution in [1.82, 2.24) is 9.13 Å². The van der Waals surface area contributed by atoms with Crippen LogP contribution in [0.3, 0.4) is 0 Å². The summed E-state index contributed by atoms with van der Waals surface area (Å²) in [5.41, 5.74) is -6.23. The minimum absolute atomic E-state index is 0.249. The van der Waals surface area contributed by atoms with E-state index < -0.39 is 45.9 Å². The van der Waals surface area contributed by atoms with E-state index in [1.807, 2.05) is 0 Å². The molecule has 0 spiro atoms. The largest absolute Gasteiger partial charge is 0.477 e. The molecule has 0 saturated carbocycles. The van der Waals surface area contributed by atoms with Crippen molar-refractivity contribution < 1.29 is 27.1 Å². The van der Waals surface area contributed by atoms with Gasteiger partial charge in [0.2, 0.25) is 5.78 Å². The van der Waals surface area contributed by atoms with Crippen molar-refractivity contribution >= 4 is 5.78 Å². The molecule has 10 heteroatoms. The summed E-state index contributed by atoms with van der Waals surface area (Å²) in [5.74, 6) is -1.99. The topological polar surface area (TPSA) is 70.3 Å². The highest BCUT2D eigenvalue weighted by Crippen LogP contribution is 2.40. The van der Waals surface area contributed by atoms with Crippen LogP contribution in [0.2, 0.25) is 0 Å². The molecule has 1 aromatic carbocycles. The predicted octanol–water partition coefficient (Wildman–Crippen LogP) is 2.05. The highest BCUT2D eigenvalue weighted by Gasteiger charge is 2.44. The zero-order valence-corrected chi connectivity index (χ0v) is 13.8. The Hall–Kier alpha value is -2.91. The summed E-state index contributed by atoms with van der Waals surface area (Å²) in [4.78, 5) is 36.8. The second-order valence-electron chi connectivity index (χ2n) is 6.25. The number of ether oxygens (including phenoxy) is 1. The fraction of sp³-hybridized carbons (Fsp3) is 0.312. The lowest BCUT2D eigenvalue weighted by molar-refractivity contribution is -0.144. The van der Waals surface area contributed by atoms with Crippen molar-refractivity contribution in [2.45, 2.75) is 25.6 Å². The number of fused-ring (bicyclic) bond motifs is 1. The Kier molecular flexibility index (Phi) is 3.64. The van der Waals surface area contributed by atoms with Gasteiger partial charge in [-0.3, -0.25) is 14.2 Å². The van der Waals surface area contributed by atoms with Crippen LogP contribution in [0.1, 0.15) is 29.9 Å². The average molecular weight is 372 g/mol. The molecule has 1 aromatic heterocycles. The Balaban J connectivity index is 2.36. The maximum absolute atomic E-state index is 14.1. The van der Waals surface area contributed by atoms with Crippen molar-refractivity contribution in [1.29, 1.82) is 0 Å². The van der Waals surface area contributed by atoms with Gasteiger partial charge in [0.05, 0.1) is 5.69 Å². The first kappa shape index (κ1) is 17.9. The van der Waals surface area contributed by atoms with Gasteiger partial charge < -0.3 is 4.74 Å². The molecule has 0 bridgehead atoms. The quantitative estimate of drug-likeness (QED) is 0.719. The number of hydrogen-bond donors (Lipinski definition) is 0. The van der Waals surface area contributed by atoms with Crippen LogP contribution in [0.25, 0.3) is 5.69 Å². The maximum atomic E-state index is 14.1. The van der Waals surface area contributed by atoms with E-state index in [1.54, 1.807) is 0 Å². The molecule has 26 heavy (non-hydrogen) atoms. The van der Waals surface area contributed by atoms with Gasteiger partial charge in [-0.1, -0.05) is 0 Å². The monoisotopic (exact) mass is 372 g/mol. The van der Waals surface area contributed by atoms with E-state index in [0.29, 0.717) is 4.57 Å². The second-order valence-corrected chi connectivity index (χ2v) is 6.25. The molecule has 2 heterocycles. The molecule has 138 valence electrons. The van der Waals surface area contributed by atoms with Gasteiger partial charge in [0, 0.05) is 13.1 Å². The minimum Gasteiger partial charge on any atom is -0.477 e. The number of ketones is 1. The van der Waals surface area contributed by atoms with Crippen molar-refractivity contribution in [3.63, 3.8) is 0 Å². The highest BCUT2D eigenvalue weighted by molar-refractivity contribution is 6.08. The Morgan fingerprint density at radius 1 is 1.12 bits per heavy atom. The lowest BCUT2D eigenvalue weighted by atomic mass is 9.99. The SMILES string of the molecule is Cn1c(C(F)(F)F)cc(=O)n(-c2ccc(F)c3c2OC(C)(C)C3=O)c1=O. The van der Waals surface area contributed by atoms with Crippen molar-refractivity contribution in [2.24, 2.45) is 7.05 Å². The Morgan fingerprint density at radius 2 is 1.73 bits per heavy atom. The summed E-state index contributed by atoms with van der Waals surface area (Å²) in [6, 6.07) is 2.10. The van der Waals surface area contributed by atoms with Crippen molar-refractivity contribution in [3.8, 4) is 11.4 Å². The van der Waals surface area contributed by atoms with Gasteiger partial charge in [0.15, 0.2) is 11.4 Å². The zero-order valence-electron chi connectivity index (χ0n) is 13.8. The first-order valence-corrected chi connectivity index (χ1v) is 7.33. The Bertz CT molecular complexity index is 1060. The molecule has 6 nitrogen and oxygen atoms in total. The molecule has 1 aliphatic rings. The fourth-order valence-electron chi connectivity index (χ4n) is 2.76. The van der Waals surface area contributed by atoms with Crippen molar-refractivity contribution in [2.75, 3.05) is 0 Å². The lowest BCUT2D eigenvalue weighted by Crippen LogP contribution is -2.41. The summed E-state index contributed by atoms with van der Waals surface area (Å²) in [5, 5.41) is 0. The number of hydrogen-bond acceptors (Lipinski definition) is 4. The van der Waals surface area contributed by atoms with E-state index in [9.17, 15) is 31.9 Å². The number of alkyl halides is 3. The Morgan fingerprint density at radius 3 is 2.31 bits per heavy atom. The van der Waals surface area contributed by atoms with E-state index in [-0.39, 0.29) is 22.1 Å². The third-order valence-electron chi connectivity index (χ3n) is 4.07. The van der Waals surface area contributed by atoms with Crippen LogP contribution in [0.4, 0.5) is 17.6 Å². The van der Waals surface area contributed by atoms with Gasteiger partial charge in [-0.05, 0) is 26.0 Å². The molecular weight excluding hydrogens is 360 g/mol. The van der Waals surface area contributed by atoms with Crippen LogP contribution in [0.5, 0.6) is 5.75 Å². The lowest BCUT2D eigenvalue weighted by Gasteiger charge is -2.18. The van der Waals surface area contributed by atoms with Crippen LogP contribution in [0.15, 0.2) is 27.8 Å². The van der Waals surface area contributed by atoms with Gasteiger partial charge in [-0.2, -0.15) is 13.2 Å². The predicted molar refractivity (Wildman–Crippen MR) is 81.3 cm³/mol. The summed E-state index contributed by atoms with van der Waals surface area (Å²) in [6.07, 6.45) is -4.91. The fourth-order valence-corrected chi connectivity index (χ4v) is 2.76. The smallest absolute Gasteiger partial charge is 0.431 e. The number of halogens is 4. The summed E-state index contributed by atoms with van der Waals surface area (Å²) in [7, 11) is 0.848. The molecule has 0 N–H and O–H groups in total. The Labute approximate surface area is 143 Å². The van der Waals surface area contributed by atoms with Gasteiger partial charge in [-0.25, -0.2) is 13.8 Å². The van der Waals surface area contributed by atoms with Gasteiger partial charge >= 0.3 is 11.9 Å². The molecule has 1 aliphatic heterocycles. The van der Waals surface area contributed by atoms with Crippen LogP contribution in [-0.2, 0) is 13.2 Å². The highest BCUT2D eigenvalue weighted by atomic mass is 19.4. The van der Waals surface area contributed by atoms with Crippen LogP contribution in [-0.4, -0.2) is 20.5 Å². The molecule has 2 aromatic rings. The van der Waals surface area contributed by atoms with Crippen LogP contribution < -0.4 is 16.0 Å². The molecule has 3 rings (SSSR count). The molecule has 0 fully saturated rings. The minimum atomic E-state index is -4.91. The third kappa shape index (κ3) is 2.44.